The smallest absolute Gasteiger partial charge is 0.271 e. The zero-order chi connectivity index (χ0) is 17.1. The standard InChI is InChI=1S/C18H19N3O2S/c1-12(2)8-9-19-16(22)14-10-20-18-21(17(14)23)15(11-24-18)13-6-4-3-5-7-13/h3-7,10-12H,8-9H2,1-2H3,(H,19,22). The third-order valence-corrected chi connectivity index (χ3v) is 4.61. The molecule has 0 bridgehead atoms. The molecule has 0 aliphatic carbocycles. The molecule has 0 aliphatic heterocycles. The summed E-state index contributed by atoms with van der Waals surface area (Å²) in [6.45, 7) is 4.73. The Morgan fingerprint density at radius 2 is 2.04 bits per heavy atom. The predicted octanol–water partition coefficient (Wildman–Crippen LogP) is 3.20. The lowest BCUT2D eigenvalue weighted by atomic mass is 10.1. The molecule has 1 amide bonds. The number of aromatic nitrogens is 2. The molecule has 1 aromatic carbocycles. The van der Waals surface area contributed by atoms with Gasteiger partial charge in [-0.15, -0.1) is 11.3 Å². The van der Waals surface area contributed by atoms with Crippen LogP contribution in [0, 0.1) is 5.92 Å². The van der Waals surface area contributed by atoms with Crippen LogP contribution in [0.1, 0.15) is 30.6 Å². The summed E-state index contributed by atoms with van der Waals surface area (Å²) < 4.78 is 1.51. The van der Waals surface area contributed by atoms with Crippen molar-refractivity contribution in [1.82, 2.24) is 14.7 Å². The zero-order valence-electron chi connectivity index (χ0n) is 13.7. The first kappa shape index (κ1) is 16.4. The van der Waals surface area contributed by atoms with Gasteiger partial charge < -0.3 is 5.32 Å². The molecular weight excluding hydrogens is 322 g/mol. The first-order chi connectivity index (χ1) is 11.6. The first-order valence-electron chi connectivity index (χ1n) is 7.91. The van der Waals surface area contributed by atoms with Crippen LogP contribution in [0.5, 0.6) is 0 Å². The van der Waals surface area contributed by atoms with Crippen molar-refractivity contribution >= 4 is 22.2 Å². The van der Waals surface area contributed by atoms with E-state index >= 15 is 0 Å². The molecule has 0 spiro atoms. The summed E-state index contributed by atoms with van der Waals surface area (Å²) in [6.07, 6.45) is 2.24. The van der Waals surface area contributed by atoms with Crippen molar-refractivity contribution in [3.05, 3.63) is 57.8 Å². The molecule has 2 heterocycles. The Balaban J connectivity index is 1.98. The molecule has 24 heavy (non-hydrogen) atoms. The topological polar surface area (TPSA) is 63.5 Å². The van der Waals surface area contributed by atoms with E-state index in [1.807, 2.05) is 35.7 Å². The predicted molar refractivity (Wildman–Crippen MR) is 96.6 cm³/mol. The fraction of sp³-hybridized carbons (Fsp3) is 0.278. The number of carbonyl (C=O) groups is 1. The van der Waals surface area contributed by atoms with Crippen molar-refractivity contribution in [2.45, 2.75) is 20.3 Å². The van der Waals surface area contributed by atoms with Crippen LogP contribution in [0.15, 0.2) is 46.7 Å². The molecule has 0 saturated heterocycles. The third-order valence-electron chi connectivity index (χ3n) is 3.77. The molecule has 0 fully saturated rings. The summed E-state index contributed by atoms with van der Waals surface area (Å²) in [5.41, 5.74) is 1.42. The first-order valence-corrected chi connectivity index (χ1v) is 8.78. The van der Waals surface area contributed by atoms with Gasteiger partial charge in [0.2, 0.25) is 0 Å². The number of benzene rings is 1. The largest absolute Gasteiger partial charge is 0.352 e. The molecule has 3 aromatic rings. The summed E-state index contributed by atoms with van der Waals surface area (Å²) in [4.78, 5) is 29.9. The summed E-state index contributed by atoms with van der Waals surface area (Å²) in [7, 11) is 0. The van der Waals surface area contributed by atoms with Gasteiger partial charge in [-0.3, -0.25) is 14.0 Å². The Morgan fingerprint density at radius 3 is 2.75 bits per heavy atom. The van der Waals surface area contributed by atoms with E-state index in [0.29, 0.717) is 17.4 Å². The van der Waals surface area contributed by atoms with Crippen molar-refractivity contribution in [3.63, 3.8) is 0 Å². The van der Waals surface area contributed by atoms with Crippen LogP contribution >= 0.6 is 11.3 Å². The van der Waals surface area contributed by atoms with Crippen LogP contribution < -0.4 is 10.9 Å². The maximum absolute atomic E-state index is 12.8. The highest BCUT2D eigenvalue weighted by Gasteiger charge is 2.16. The van der Waals surface area contributed by atoms with Crippen LogP contribution in [-0.4, -0.2) is 21.8 Å². The monoisotopic (exact) mass is 341 g/mol. The number of nitrogens with zero attached hydrogens (tertiary/aromatic N) is 2. The molecule has 6 heteroatoms. The van der Waals surface area contributed by atoms with Crippen LogP contribution in [0.2, 0.25) is 0 Å². The highest BCUT2D eigenvalue weighted by molar-refractivity contribution is 7.15. The van der Waals surface area contributed by atoms with E-state index in [9.17, 15) is 9.59 Å². The minimum Gasteiger partial charge on any atom is -0.352 e. The molecule has 3 rings (SSSR count). The molecule has 0 saturated carbocycles. The quantitative estimate of drug-likeness (QED) is 0.775. The number of hydrogen-bond acceptors (Lipinski definition) is 4. The van der Waals surface area contributed by atoms with Crippen molar-refractivity contribution in [2.75, 3.05) is 6.54 Å². The second kappa shape index (κ2) is 6.97. The van der Waals surface area contributed by atoms with Crippen molar-refractivity contribution in [3.8, 4) is 11.3 Å². The number of fused-ring (bicyclic) bond motifs is 1. The van der Waals surface area contributed by atoms with Gasteiger partial charge in [0, 0.05) is 18.1 Å². The van der Waals surface area contributed by atoms with Gasteiger partial charge in [0.1, 0.15) is 5.56 Å². The van der Waals surface area contributed by atoms with Crippen molar-refractivity contribution in [1.29, 1.82) is 0 Å². The minimum absolute atomic E-state index is 0.0758. The molecule has 2 aromatic heterocycles. The molecule has 1 N–H and O–H groups in total. The molecule has 5 nitrogen and oxygen atoms in total. The molecule has 0 atom stereocenters. The van der Waals surface area contributed by atoms with Gasteiger partial charge in [0.15, 0.2) is 4.96 Å². The van der Waals surface area contributed by atoms with Gasteiger partial charge >= 0.3 is 0 Å². The van der Waals surface area contributed by atoms with Crippen molar-refractivity contribution in [2.24, 2.45) is 5.92 Å². The number of thiazole rings is 1. The van der Waals surface area contributed by atoms with Crippen LogP contribution in [-0.2, 0) is 0 Å². The molecular formula is C18H19N3O2S. The Labute approximate surface area is 144 Å². The van der Waals surface area contributed by atoms with E-state index < -0.39 is 0 Å². The van der Waals surface area contributed by atoms with E-state index in [-0.39, 0.29) is 17.0 Å². The number of carbonyl (C=O) groups excluding carboxylic acids is 1. The SMILES string of the molecule is CC(C)CCNC(=O)c1cnc2scc(-c3ccccc3)n2c1=O. The zero-order valence-corrected chi connectivity index (χ0v) is 14.5. The highest BCUT2D eigenvalue weighted by Crippen LogP contribution is 2.23. The molecule has 0 aliphatic rings. The lowest BCUT2D eigenvalue weighted by Gasteiger charge is -2.07. The van der Waals surface area contributed by atoms with Gasteiger partial charge in [-0.25, -0.2) is 4.98 Å². The lowest BCUT2D eigenvalue weighted by Crippen LogP contribution is -2.32. The molecule has 124 valence electrons. The summed E-state index contributed by atoms with van der Waals surface area (Å²) >= 11 is 1.39. The number of nitrogens with one attached hydrogen (secondary N) is 1. The van der Waals surface area contributed by atoms with E-state index in [1.54, 1.807) is 0 Å². The highest BCUT2D eigenvalue weighted by atomic mass is 32.1. The maximum Gasteiger partial charge on any atom is 0.271 e. The van der Waals surface area contributed by atoms with Gasteiger partial charge in [-0.2, -0.15) is 0 Å². The van der Waals surface area contributed by atoms with E-state index in [4.69, 9.17) is 0 Å². The van der Waals surface area contributed by atoms with Crippen LogP contribution in [0.3, 0.4) is 0 Å². The lowest BCUT2D eigenvalue weighted by molar-refractivity contribution is 0.0950. The maximum atomic E-state index is 12.8. The average Bonchev–Trinajstić information content (AvgIpc) is 3.00. The van der Waals surface area contributed by atoms with E-state index in [0.717, 1.165) is 17.7 Å². The van der Waals surface area contributed by atoms with Crippen LogP contribution in [0.4, 0.5) is 0 Å². The Bertz CT molecular complexity index is 913. The second-order valence-corrected chi connectivity index (χ2v) is 6.86. The Hall–Kier alpha value is -2.47. The fourth-order valence-electron chi connectivity index (χ4n) is 2.43. The Kier molecular flexibility index (Phi) is 4.76. The second-order valence-electron chi connectivity index (χ2n) is 6.02. The number of rotatable bonds is 5. The number of amides is 1. The number of hydrogen-bond donors (Lipinski definition) is 1. The molecule has 0 unspecified atom stereocenters. The summed E-state index contributed by atoms with van der Waals surface area (Å²) in [5.74, 6) is 0.126. The summed E-state index contributed by atoms with van der Waals surface area (Å²) in [5, 5.41) is 4.69. The van der Waals surface area contributed by atoms with Crippen LogP contribution in [0.25, 0.3) is 16.2 Å². The van der Waals surface area contributed by atoms with E-state index in [2.05, 4.69) is 24.1 Å². The van der Waals surface area contributed by atoms with Gasteiger partial charge in [-0.1, -0.05) is 44.2 Å². The minimum atomic E-state index is -0.368. The van der Waals surface area contributed by atoms with E-state index in [1.165, 1.54) is 21.9 Å². The van der Waals surface area contributed by atoms with Crippen molar-refractivity contribution < 1.29 is 4.79 Å². The summed E-state index contributed by atoms with van der Waals surface area (Å²) in [6, 6.07) is 9.62. The third kappa shape index (κ3) is 3.23. The van der Waals surface area contributed by atoms with Gasteiger partial charge in [-0.05, 0) is 17.9 Å². The van der Waals surface area contributed by atoms with Gasteiger partial charge in [0.25, 0.3) is 11.5 Å². The average molecular weight is 341 g/mol. The Morgan fingerprint density at radius 1 is 1.29 bits per heavy atom. The van der Waals surface area contributed by atoms with Gasteiger partial charge in [0.05, 0.1) is 5.69 Å². The molecule has 0 radical (unpaired) electrons. The fourth-order valence-corrected chi connectivity index (χ4v) is 3.29. The normalized spacial score (nSPS) is 11.1.